The molecule has 0 unspecified atom stereocenters. The standard InChI is InChI=1S/C16H26N2O/c19-15-9-17-1-2-18(10-15)11-16-6-12-3-13(7-16)5-14(4-12)8-16/h12-14,17H,1-11H2. The number of carbonyl (C=O) groups is 1. The quantitative estimate of drug-likeness (QED) is 0.822. The molecule has 0 atom stereocenters. The van der Waals surface area contributed by atoms with Crippen molar-refractivity contribution in [2.45, 2.75) is 38.5 Å². The molecule has 4 aliphatic carbocycles. The third-order valence-electron chi connectivity index (χ3n) is 6.05. The van der Waals surface area contributed by atoms with Crippen LogP contribution in [0.15, 0.2) is 0 Å². The maximum Gasteiger partial charge on any atom is 0.160 e. The Balaban J connectivity index is 1.48. The lowest BCUT2D eigenvalue weighted by Gasteiger charge is -2.58. The van der Waals surface area contributed by atoms with Gasteiger partial charge >= 0.3 is 0 Å². The number of hydrogen-bond acceptors (Lipinski definition) is 3. The van der Waals surface area contributed by atoms with Crippen molar-refractivity contribution in [3.05, 3.63) is 0 Å². The first-order chi connectivity index (χ1) is 9.21. The average Bonchev–Trinajstić information content (AvgIpc) is 2.51. The maximum absolute atomic E-state index is 11.8. The summed E-state index contributed by atoms with van der Waals surface area (Å²) in [5, 5.41) is 3.24. The number of ketones is 1. The lowest BCUT2D eigenvalue weighted by atomic mass is 9.49. The molecule has 106 valence electrons. The number of nitrogens with zero attached hydrogens (tertiary/aromatic N) is 1. The third kappa shape index (κ3) is 2.36. The molecule has 3 heteroatoms. The Kier molecular flexibility index (Phi) is 2.96. The van der Waals surface area contributed by atoms with Crippen molar-refractivity contribution in [2.24, 2.45) is 23.2 Å². The van der Waals surface area contributed by atoms with Crippen LogP contribution in [0.25, 0.3) is 0 Å². The zero-order valence-corrected chi connectivity index (χ0v) is 11.9. The van der Waals surface area contributed by atoms with Gasteiger partial charge in [-0.3, -0.25) is 9.69 Å². The third-order valence-corrected chi connectivity index (χ3v) is 6.05. The highest BCUT2D eigenvalue weighted by Gasteiger charge is 2.51. The second-order valence-corrected chi connectivity index (χ2v) is 7.84. The molecule has 0 radical (unpaired) electrons. The summed E-state index contributed by atoms with van der Waals surface area (Å²) < 4.78 is 0. The van der Waals surface area contributed by atoms with Gasteiger partial charge in [0.1, 0.15) is 0 Å². The molecule has 1 N–H and O–H groups in total. The van der Waals surface area contributed by atoms with Crippen LogP contribution >= 0.6 is 0 Å². The fourth-order valence-corrected chi connectivity index (χ4v) is 5.94. The smallest absolute Gasteiger partial charge is 0.160 e. The summed E-state index contributed by atoms with van der Waals surface area (Å²) in [6.45, 7) is 4.52. The van der Waals surface area contributed by atoms with Crippen LogP contribution in [-0.4, -0.2) is 43.4 Å². The molecule has 0 aromatic heterocycles. The fourth-order valence-electron chi connectivity index (χ4n) is 5.94. The maximum atomic E-state index is 11.8. The molecule has 5 rings (SSSR count). The van der Waals surface area contributed by atoms with Crippen LogP contribution < -0.4 is 5.32 Å². The van der Waals surface area contributed by atoms with Gasteiger partial charge in [0.2, 0.25) is 0 Å². The second-order valence-electron chi connectivity index (χ2n) is 7.84. The molecule has 4 bridgehead atoms. The molecule has 0 aromatic rings. The van der Waals surface area contributed by atoms with E-state index in [-0.39, 0.29) is 0 Å². The fraction of sp³-hybridized carbons (Fsp3) is 0.938. The van der Waals surface area contributed by atoms with Gasteiger partial charge < -0.3 is 5.32 Å². The first-order valence-corrected chi connectivity index (χ1v) is 8.16. The minimum atomic E-state index is 0.377. The Hall–Kier alpha value is -0.410. The van der Waals surface area contributed by atoms with Crippen LogP contribution in [0.5, 0.6) is 0 Å². The average molecular weight is 262 g/mol. The van der Waals surface area contributed by atoms with Gasteiger partial charge in [0.15, 0.2) is 5.78 Å². The highest BCUT2D eigenvalue weighted by molar-refractivity contribution is 5.82. The number of hydrogen-bond donors (Lipinski definition) is 1. The van der Waals surface area contributed by atoms with Crippen molar-refractivity contribution >= 4 is 5.78 Å². The van der Waals surface area contributed by atoms with Crippen molar-refractivity contribution in [3.8, 4) is 0 Å². The molecule has 5 aliphatic rings. The van der Waals surface area contributed by atoms with Crippen molar-refractivity contribution in [1.29, 1.82) is 0 Å². The second kappa shape index (κ2) is 4.56. The monoisotopic (exact) mass is 262 g/mol. The molecular formula is C16H26N2O. The molecule has 0 spiro atoms. The Morgan fingerprint density at radius 1 is 1.11 bits per heavy atom. The van der Waals surface area contributed by atoms with Crippen LogP contribution in [0.1, 0.15) is 38.5 Å². The molecule has 0 aromatic carbocycles. The van der Waals surface area contributed by atoms with Crippen molar-refractivity contribution < 1.29 is 4.79 Å². The number of rotatable bonds is 2. The topological polar surface area (TPSA) is 32.3 Å². The van der Waals surface area contributed by atoms with Gasteiger partial charge in [-0.15, -0.1) is 0 Å². The predicted octanol–water partition coefficient (Wildman–Crippen LogP) is 1.68. The molecule has 19 heavy (non-hydrogen) atoms. The van der Waals surface area contributed by atoms with Gasteiger partial charge in [-0.2, -0.15) is 0 Å². The zero-order chi connectivity index (χ0) is 12.9. The lowest BCUT2D eigenvalue weighted by molar-refractivity contribution is -0.120. The summed E-state index contributed by atoms with van der Waals surface area (Å²) in [5.74, 6) is 3.44. The van der Waals surface area contributed by atoms with E-state index in [0.29, 0.717) is 24.3 Å². The van der Waals surface area contributed by atoms with E-state index in [1.807, 2.05) is 0 Å². The van der Waals surface area contributed by atoms with Gasteiger partial charge in [0.05, 0.1) is 13.1 Å². The first-order valence-electron chi connectivity index (χ1n) is 8.16. The van der Waals surface area contributed by atoms with Crippen LogP contribution in [0.4, 0.5) is 0 Å². The summed E-state index contributed by atoms with van der Waals surface area (Å²) in [5.41, 5.74) is 0.583. The highest BCUT2D eigenvalue weighted by atomic mass is 16.1. The predicted molar refractivity (Wildman–Crippen MR) is 74.9 cm³/mol. The van der Waals surface area contributed by atoms with Gasteiger partial charge in [-0.05, 0) is 61.7 Å². The summed E-state index contributed by atoms with van der Waals surface area (Å²) in [6.07, 6.45) is 8.91. The van der Waals surface area contributed by atoms with Gasteiger partial charge in [-0.1, -0.05) is 0 Å². The summed E-state index contributed by atoms with van der Waals surface area (Å²) in [6, 6.07) is 0. The molecule has 1 saturated heterocycles. The molecule has 4 saturated carbocycles. The summed E-state index contributed by atoms with van der Waals surface area (Å²) in [4.78, 5) is 14.2. The van der Waals surface area contributed by atoms with Gasteiger partial charge in [0.25, 0.3) is 0 Å². The number of nitrogens with one attached hydrogen (secondary N) is 1. The Morgan fingerprint density at radius 2 is 1.74 bits per heavy atom. The Labute approximate surface area is 116 Å². The van der Waals surface area contributed by atoms with Crippen molar-refractivity contribution in [1.82, 2.24) is 10.2 Å². The van der Waals surface area contributed by atoms with E-state index in [2.05, 4.69) is 10.2 Å². The minimum Gasteiger partial charge on any atom is -0.309 e. The van der Waals surface area contributed by atoms with Crippen LogP contribution in [0.3, 0.4) is 0 Å². The normalized spacial score (nSPS) is 46.5. The van der Waals surface area contributed by atoms with E-state index in [1.165, 1.54) is 45.1 Å². The van der Waals surface area contributed by atoms with E-state index < -0.39 is 0 Å². The van der Waals surface area contributed by atoms with E-state index in [0.717, 1.165) is 30.8 Å². The lowest BCUT2D eigenvalue weighted by Crippen LogP contribution is -2.52. The molecule has 1 heterocycles. The van der Waals surface area contributed by atoms with Crippen LogP contribution in [0.2, 0.25) is 0 Å². The van der Waals surface area contributed by atoms with E-state index >= 15 is 0 Å². The SMILES string of the molecule is O=C1CNCCN(CC23CC4CC(CC(C4)C2)C3)C1. The molecule has 0 amide bonds. The summed E-state index contributed by atoms with van der Waals surface area (Å²) in [7, 11) is 0. The van der Waals surface area contributed by atoms with Crippen LogP contribution in [0, 0.1) is 23.2 Å². The Morgan fingerprint density at radius 3 is 2.37 bits per heavy atom. The number of carbonyl (C=O) groups excluding carboxylic acids is 1. The number of Topliss-reactive ketones (excluding diaryl/α,β-unsaturated/α-hetero) is 1. The zero-order valence-electron chi connectivity index (χ0n) is 11.9. The summed E-state index contributed by atoms with van der Waals surface area (Å²) >= 11 is 0. The molecule has 3 nitrogen and oxygen atoms in total. The van der Waals surface area contributed by atoms with E-state index in [4.69, 9.17) is 0 Å². The molecule has 5 fully saturated rings. The minimum absolute atomic E-state index is 0.377. The van der Waals surface area contributed by atoms with Crippen LogP contribution in [-0.2, 0) is 4.79 Å². The van der Waals surface area contributed by atoms with Gasteiger partial charge in [-0.25, -0.2) is 0 Å². The highest BCUT2D eigenvalue weighted by Crippen LogP contribution is 2.60. The molecule has 1 aliphatic heterocycles. The van der Waals surface area contributed by atoms with E-state index in [9.17, 15) is 4.79 Å². The Bertz CT molecular complexity index is 344. The van der Waals surface area contributed by atoms with Crippen molar-refractivity contribution in [3.63, 3.8) is 0 Å². The largest absolute Gasteiger partial charge is 0.309 e. The van der Waals surface area contributed by atoms with Crippen molar-refractivity contribution in [2.75, 3.05) is 32.7 Å². The van der Waals surface area contributed by atoms with Gasteiger partial charge in [0, 0.05) is 19.6 Å². The van der Waals surface area contributed by atoms with E-state index in [1.54, 1.807) is 0 Å². The first kappa shape index (κ1) is 12.3. The molecular weight excluding hydrogens is 236 g/mol.